The van der Waals surface area contributed by atoms with Crippen molar-refractivity contribution in [1.82, 2.24) is 5.32 Å². The lowest BCUT2D eigenvalue weighted by Gasteiger charge is -2.10. The van der Waals surface area contributed by atoms with Crippen LogP contribution in [0, 0.1) is 5.41 Å². The van der Waals surface area contributed by atoms with Crippen molar-refractivity contribution in [3.8, 4) is 11.5 Å². The molecule has 15 heavy (non-hydrogen) atoms. The standard InChI is InChI=1S/C10H15N3O2/c1-14-8-4-2-3-5-9(8)15-7-6-13-10(11)12/h2-5H,6-7H2,1H3,(H4,11,12,13). The van der Waals surface area contributed by atoms with Crippen molar-refractivity contribution in [2.24, 2.45) is 5.73 Å². The van der Waals surface area contributed by atoms with E-state index in [0.717, 1.165) is 0 Å². The first-order chi connectivity index (χ1) is 7.24. The molecule has 0 spiro atoms. The van der Waals surface area contributed by atoms with E-state index in [1.165, 1.54) is 0 Å². The first kappa shape index (κ1) is 11.2. The summed E-state index contributed by atoms with van der Waals surface area (Å²) in [5.41, 5.74) is 5.12. The van der Waals surface area contributed by atoms with Crippen molar-refractivity contribution in [3.63, 3.8) is 0 Å². The van der Waals surface area contributed by atoms with E-state index in [2.05, 4.69) is 5.32 Å². The second-order valence-corrected chi connectivity index (χ2v) is 2.84. The number of methoxy groups -OCH3 is 1. The summed E-state index contributed by atoms with van der Waals surface area (Å²) in [5.74, 6) is 1.32. The van der Waals surface area contributed by atoms with E-state index in [9.17, 15) is 0 Å². The minimum Gasteiger partial charge on any atom is -0.493 e. The van der Waals surface area contributed by atoms with Crippen LogP contribution in [0.5, 0.6) is 11.5 Å². The van der Waals surface area contributed by atoms with Crippen molar-refractivity contribution in [1.29, 1.82) is 5.41 Å². The van der Waals surface area contributed by atoms with Gasteiger partial charge in [0.15, 0.2) is 17.5 Å². The highest BCUT2D eigenvalue weighted by atomic mass is 16.5. The van der Waals surface area contributed by atoms with Gasteiger partial charge in [0, 0.05) is 0 Å². The van der Waals surface area contributed by atoms with Crippen LogP contribution in [0.4, 0.5) is 0 Å². The molecule has 0 aliphatic rings. The van der Waals surface area contributed by atoms with Gasteiger partial charge < -0.3 is 20.5 Å². The SMILES string of the molecule is COc1ccccc1OCCNC(=N)N. The maximum absolute atomic E-state index is 6.94. The van der Waals surface area contributed by atoms with E-state index in [-0.39, 0.29) is 5.96 Å². The predicted octanol–water partition coefficient (Wildman–Crippen LogP) is 0.557. The summed E-state index contributed by atoms with van der Waals surface area (Å²) in [7, 11) is 1.59. The monoisotopic (exact) mass is 209 g/mol. The van der Waals surface area contributed by atoms with Crippen LogP contribution in [-0.2, 0) is 0 Å². The van der Waals surface area contributed by atoms with E-state index in [1.54, 1.807) is 7.11 Å². The second-order valence-electron chi connectivity index (χ2n) is 2.84. The van der Waals surface area contributed by atoms with Crippen LogP contribution >= 0.6 is 0 Å². The van der Waals surface area contributed by atoms with Gasteiger partial charge in [0.05, 0.1) is 13.7 Å². The van der Waals surface area contributed by atoms with Crippen LogP contribution < -0.4 is 20.5 Å². The van der Waals surface area contributed by atoms with Gasteiger partial charge in [0.25, 0.3) is 0 Å². The Bertz CT molecular complexity index is 328. The first-order valence-corrected chi connectivity index (χ1v) is 4.57. The summed E-state index contributed by atoms with van der Waals surface area (Å²) in [6.45, 7) is 0.924. The molecule has 1 aromatic rings. The molecule has 0 atom stereocenters. The van der Waals surface area contributed by atoms with Crippen LogP contribution in [0.1, 0.15) is 0 Å². The van der Waals surface area contributed by atoms with Gasteiger partial charge in [-0.05, 0) is 12.1 Å². The van der Waals surface area contributed by atoms with Gasteiger partial charge in [-0.25, -0.2) is 0 Å². The van der Waals surface area contributed by atoms with Crippen molar-refractivity contribution in [3.05, 3.63) is 24.3 Å². The molecule has 0 bridgehead atoms. The number of hydrogen-bond donors (Lipinski definition) is 3. The van der Waals surface area contributed by atoms with Gasteiger partial charge in [-0.1, -0.05) is 12.1 Å². The Labute approximate surface area is 88.7 Å². The smallest absolute Gasteiger partial charge is 0.185 e. The Hall–Kier alpha value is -1.91. The van der Waals surface area contributed by atoms with E-state index in [1.807, 2.05) is 24.3 Å². The van der Waals surface area contributed by atoms with Crippen LogP contribution in [0.15, 0.2) is 24.3 Å². The average Bonchev–Trinajstić information content (AvgIpc) is 2.24. The van der Waals surface area contributed by atoms with Gasteiger partial charge in [0.2, 0.25) is 0 Å². The molecule has 0 heterocycles. The summed E-state index contributed by atoms with van der Waals surface area (Å²) in [5, 5.41) is 9.59. The fourth-order valence-corrected chi connectivity index (χ4v) is 1.08. The summed E-state index contributed by atoms with van der Waals surface area (Å²) in [6, 6.07) is 7.40. The molecule has 1 aromatic carbocycles. The maximum Gasteiger partial charge on any atom is 0.185 e. The molecule has 0 radical (unpaired) electrons. The van der Waals surface area contributed by atoms with Crippen LogP contribution in [0.25, 0.3) is 0 Å². The van der Waals surface area contributed by atoms with Gasteiger partial charge in [-0.15, -0.1) is 0 Å². The Morgan fingerprint density at radius 3 is 2.67 bits per heavy atom. The summed E-state index contributed by atoms with van der Waals surface area (Å²) in [4.78, 5) is 0. The molecule has 5 heteroatoms. The van der Waals surface area contributed by atoms with Crippen molar-refractivity contribution < 1.29 is 9.47 Å². The molecule has 0 saturated carbocycles. The molecule has 0 amide bonds. The van der Waals surface area contributed by atoms with Crippen molar-refractivity contribution in [2.75, 3.05) is 20.3 Å². The number of nitrogens with one attached hydrogen (secondary N) is 2. The first-order valence-electron chi connectivity index (χ1n) is 4.57. The van der Waals surface area contributed by atoms with Gasteiger partial charge in [-0.3, -0.25) is 5.41 Å². The van der Waals surface area contributed by atoms with E-state index in [4.69, 9.17) is 20.6 Å². The topological polar surface area (TPSA) is 80.4 Å². The molecule has 0 saturated heterocycles. The highest BCUT2D eigenvalue weighted by molar-refractivity contribution is 5.74. The van der Waals surface area contributed by atoms with Crippen LogP contribution in [0.2, 0.25) is 0 Å². The minimum atomic E-state index is -0.0568. The lowest BCUT2D eigenvalue weighted by Crippen LogP contribution is -2.33. The minimum absolute atomic E-state index is 0.0568. The highest BCUT2D eigenvalue weighted by Gasteiger charge is 2.01. The molecule has 0 aromatic heterocycles. The van der Waals surface area contributed by atoms with Crippen LogP contribution in [0.3, 0.4) is 0 Å². The third-order valence-corrected chi connectivity index (χ3v) is 1.74. The lowest BCUT2D eigenvalue weighted by atomic mass is 10.3. The Morgan fingerprint density at radius 2 is 2.07 bits per heavy atom. The third-order valence-electron chi connectivity index (χ3n) is 1.74. The highest BCUT2D eigenvalue weighted by Crippen LogP contribution is 2.25. The van der Waals surface area contributed by atoms with E-state index >= 15 is 0 Å². The van der Waals surface area contributed by atoms with Crippen molar-refractivity contribution >= 4 is 5.96 Å². The van der Waals surface area contributed by atoms with Crippen molar-refractivity contribution in [2.45, 2.75) is 0 Å². The number of hydrogen-bond acceptors (Lipinski definition) is 3. The zero-order valence-corrected chi connectivity index (χ0v) is 8.62. The molecule has 5 nitrogen and oxygen atoms in total. The molecule has 1 rings (SSSR count). The zero-order valence-electron chi connectivity index (χ0n) is 8.62. The molecule has 0 aliphatic carbocycles. The summed E-state index contributed by atoms with van der Waals surface area (Å²) in [6.07, 6.45) is 0. The number of para-hydroxylation sites is 2. The zero-order chi connectivity index (χ0) is 11.1. The fraction of sp³-hybridized carbons (Fsp3) is 0.300. The quantitative estimate of drug-likeness (QED) is 0.376. The normalized spacial score (nSPS) is 9.40. The largest absolute Gasteiger partial charge is 0.493 e. The van der Waals surface area contributed by atoms with Gasteiger partial charge >= 0.3 is 0 Å². The molecular formula is C10H15N3O2. The van der Waals surface area contributed by atoms with Gasteiger partial charge in [0.1, 0.15) is 6.61 Å². The van der Waals surface area contributed by atoms with Crippen LogP contribution in [-0.4, -0.2) is 26.2 Å². The second kappa shape index (κ2) is 5.74. The average molecular weight is 209 g/mol. The fourth-order valence-electron chi connectivity index (χ4n) is 1.08. The Balaban J connectivity index is 2.39. The van der Waals surface area contributed by atoms with E-state index < -0.39 is 0 Å². The Morgan fingerprint density at radius 1 is 1.40 bits per heavy atom. The number of rotatable bonds is 5. The summed E-state index contributed by atoms with van der Waals surface area (Å²) >= 11 is 0. The Kier molecular flexibility index (Phi) is 4.28. The third kappa shape index (κ3) is 3.76. The predicted molar refractivity (Wildman–Crippen MR) is 58.4 cm³/mol. The summed E-state index contributed by atoms with van der Waals surface area (Å²) < 4.78 is 10.5. The maximum atomic E-state index is 6.94. The number of nitrogens with two attached hydrogens (primary N) is 1. The van der Waals surface area contributed by atoms with E-state index in [0.29, 0.717) is 24.7 Å². The molecule has 0 aliphatic heterocycles. The molecule has 4 N–H and O–H groups in total. The molecule has 82 valence electrons. The van der Waals surface area contributed by atoms with Gasteiger partial charge in [-0.2, -0.15) is 0 Å². The number of guanidine groups is 1. The lowest BCUT2D eigenvalue weighted by molar-refractivity contribution is 0.298. The number of ether oxygens (including phenoxy) is 2. The molecule has 0 fully saturated rings. The molecule has 0 unspecified atom stereocenters. The molecular weight excluding hydrogens is 194 g/mol. The number of benzene rings is 1.